The first kappa shape index (κ1) is 21.3. The number of ether oxygens (including phenoxy) is 2. The average Bonchev–Trinajstić information content (AvgIpc) is 2.68. The van der Waals surface area contributed by atoms with E-state index in [1.165, 1.54) is 41.7 Å². The normalized spacial score (nSPS) is 11.3. The molecule has 2 rings (SSSR count). The van der Waals surface area contributed by atoms with Crippen LogP contribution in [0.3, 0.4) is 0 Å². The molecular formula is C18H20N2O7S. The van der Waals surface area contributed by atoms with E-state index >= 15 is 0 Å². The molecule has 0 heterocycles. The number of hydrogen-bond acceptors (Lipinski definition) is 7. The minimum absolute atomic E-state index is 0.0922. The number of sulfonamides is 1. The van der Waals surface area contributed by atoms with Gasteiger partial charge in [-0.1, -0.05) is 13.8 Å². The molecule has 0 unspecified atom stereocenters. The Morgan fingerprint density at radius 3 is 2.25 bits per heavy atom. The van der Waals surface area contributed by atoms with E-state index in [9.17, 15) is 23.3 Å². The Hall–Kier alpha value is -2.98. The molecule has 28 heavy (non-hydrogen) atoms. The van der Waals surface area contributed by atoms with Crippen LogP contribution in [-0.2, 0) is 10.0 Å². The lowest BCUT2D eigenvalue weighted by Crippen LogP contribution is -2.30. The Morgan fingerprint density at radius 1 is 1.07 bits per heavy atom. The molecule has 0 radical (unpaired) electrons. The monoisotopic (exact) mass is 408 g/mol. The topological polar surface area (TPSA) is 116 Å². The zero-order chi connectivity index (χ0) is 20.9. The predicted molar refractivity (Wildman–Crippen MR) is 102 cm³/mol. The van der Waals surface area contributed by atoms with Crippen LogP contribution in [0.1, 0.15) is 24.2 Å². The van der Waals surface area contributed by atoms with Crippen molar-refractivity contribution >= 4 is 22.0 Å². The fourth-order valence-electron chi connectivity index (χ4n) is 2.56. The van der Waals surface area contributed by atoms with E-state index in [4.69, 9.17) is 9.47 Å². The van der Waals surface area contributed by atoms with E-state index in [2.05, 4.69) is 0 Å². The van der Waals surface area contributed by atoms with Crippen LogP contribution in [0.4, 0.5) is 5.69 Å². The molecule has 0 N–H and O–H groups in total. The lowest BCUT2D eigenvalue weighted by Gasteiger charge is -2.18. The van der Waals surface area contributed by atoms with Gasteiger partial charge in [0.15, 0.2) is 11.5 Å². The van der Waals surface area contributed by atoms with Crippen molar-refractivity contribution in [1.29, 1.82) is 0 Å². The quantitative estimate of drug-likeness (QED) is 0.355. The number of carbonyl (C=O) groups excluding carboxylic acids is 1. The highest BCUT2D eigenvalue weighted by molar-refractivity contribution is 7.89. The average molecular weight is 408 g/mol. The van der Waals surface area contributed by atoms with E-state index in [0.717, 1.165) is 6.07 Å². The lowest BCUT2D eigenvalue weighted by molar-refractivity contribution is -0.385. The molecule has 0 spiro atoms. The van der Waals surface area contributed by atoms with Crippen molar-refractivity contribution in [1.82, 2.24) is 4.31 Å². The summed E-state index contributed by atoms with van der Waals surface area (Å²) in [6.45, 7) is 3.83. The van der Waals surface area contributed by atoms with Gasteiger partial charge < -0.3 is 9.47 Å². The third-order valence-corrected chi connectivity index (χ3v) is 6.06. The molecule has 0 aromatic heterocycles. The molecule has 0 bridgehead atoms. The van der Waals surface area contributed by atoms with E-state index in [-0.39, 0.29) is 35.2 Å². The van der Waals surface area contributed by atoms with Gasteiger partial charge in [0.2, 0.25) is 15.8 Å². The SMILES string of the molecule is CCN(CC)S(=O)(=O)c1ccc(Oc2cc(C=O)ccc2OC)c([N+](=O)[O-])c1. The van der Waals surface area contributed by atoms with Crippen molar-refractivity contribution in [2.75, 3.05) is 20.2 Å². The summed E-state index contributed by atoms with van der Waals surface area (Å²) in [6.07, 6.45) is 0.598. The molecular weight excluding hydrogens is 388 g/mol. The summed E-state index contributed by atoms with van der Waals surface area (Å²) in [5.74, 6) is 0.180. The number of nitro benzene ring substituents is 1. The maximum atomic E-state index is 12.6. The van der Waals surface area contributed by atoms with Gasteiger partial charge in [-0.3, -0.25) is 14.9 Å². The molecule has 9 nitrogen and oxygen atoms in total. The van der Waals surface area contributed by atoms with E-state index in [1.54, 1.807) is 13.8 Å². The summed E-state index contributed by atoms with van der Waals surface area (Å²) in [6, 6.07) is 7.78. The standard InChI is InChI=1S/C18H20N2O7S/c1-4-19(5-2)28(24,25)14-7-9-16(15(11-14)20(22)23)27-18-10-13(12-21)6-8-17(18)26-3/h6-12H,4-5H2,1-3H3. The largest absolute Gasteiger partial charge is 0.493 e. The molecule has 0 aliphatic carbocycles. The number of nitrogens with zero attached hydrogens (tertiary/aromatic N) is 2. The zero-order valence-electron chi connectivity index (χ0n) is 15.6. The molecule has 0 fully saturated rings. The smallest absolute Gasteiger partial charge is 0.312 e. The van der Waals surface area contributed by atoms with Crippen LogP contribution >= 0.6 is 0 Å². The second kappa shape index (κ2) is 8.81. The minimum atomic E-state index is -3.87. The first-order chi connectivity index (χ1) is 13.3. The highest BCUT2D eigenvalue weighted by atomic mass is 32.2. The summed E-state index contributed by atoms with van der Waals surface area (Å²) < 4.78 is 37.2. The molecule has 0 saturated carbocycles. The van der Waals surface area contributed by atoms with Gasteiger partial charge in [0.1, 0.15) is 6.29 Å². The zero-order valence-corrected chi connectivity index (χ0v) is 16.4. The van der Waals surface area contributed by atoms with Crippen LogP contribution in [0, 0.1) is 10.1 Å². The molecule has 0 aliphatic rings. The molecule has 10 heteroatoms. The van der Waals surface area contributed by atoms with E-state index in [1.807, 2.05) is 0 Å². The summed E-state index contributed by atoms with van der Waals surface area (Å²) in [7, 11) is -2.48. The highest BCUT2D eigenvalue weighted by Gasteiger charge is 2.27. The number of rotatable bonds is 9. The van der Waals surface area contributed by atoms with Gasteiger partial charge in [0, 0.05) is 24.7 Å². The van der Waals surface area contributed by atoms with Crippen molar-refractivity contribution in [3.63, 3.8) is 0 Å². The van der Waals surface area contributed by atoms with Crippen LogP contribution in [0.15, 0.2) is 41.3 Å². The highest BCUT2D eigenvalue weighted by Crippen LogP contribution is 2.38. The maximum absolute atomic E-state index is 12.6. The fourth-order valence-corrected chi connectivity index (χ4v) is 4.04. The Balaban J connectivity index is 2.53. The minimum Gasteiger partial charge on any atom is -0.493 e. The molecule has 0 saturated heterocycles. The number of nitro groups is 1. The van der Waals surface area contributed by atoms with Crippen molar-refractivity contribution < 1.29 is 27.6 Å². The summed E-state index contributed by atoms with van der Waals surface area (Å²) in [5.41, 5.74) is -0.231. The number of hydrogen-bond donors (Lipinski definition) is 0. The number of carbonyl (C=O) groups is 1. The Kier molecular flexibility index (Phi) is 6.71. The van der Waals surface area contributed by atoms with Crippen LogP contribution in [0.2, 0.25) is 0 Å². The summed E-state index contributed by atoms with van der Waals surface area (Å²) in [5, 5.41) is 11.5. The number of methoxy groups -OCH3 is 1. The molecule has 0 aliphatic heterocycles. The number of aldehydes is 1. The van der Waals surface area contributed by atoms with Gasteiger partial charge in [-0.15, -0.1) is 0 Å². The van der Waals surface area contributed by atoms with Gasteiger partial charge in [0.05, 0.1) is 16.9 Å². The van der Waals surface area contributed by atoms with Crippen LogP contribution in [0.25, 0.3) is 0 Å². The Labute approximate surface area is 162 Å². The second-order valence-electron chi connectivity index (χ2n) is 5.61. The fraction of sp³-hybridized carbons (Fsp3) is 0.278. The Bertz CT molecular complexity index is 985. The van der Waals surface area contributed by atoms with E-state index < -0.39 is 20.6 Å². The Morgan fingerprint density at radius 2 is 1.71 bits per heavy atom. The molecule has 2 aromatic carbocycles. The van der Waals surface area contributed by atoms with Crippen LogP contribution < -0.4 is 9.47 Å². The van der Waals surface area contributed by atoms with Gasteiger partial charge >= 0.3 is 5.69 Å². The lowest BCUT2D eigenvalue weighted by atomic mass is 10.2. The van der Waals surface area contributed by atoms with Crippen LogP contribution in [0.5, 0.6) is 17.2 Å². The van der Waals surface area contributed by atoms with Gasteiger partial charge in [-0.25, -0.2) is 8.42 Å². The first-order valence-electron chi connectivity index (χ1n) is 8.38. The molecule has 2 aromatic rings. The summed E-state index contributed by atoms with van der Waals surface area (Å²) >= 11 is 0. The van der Waals surface area contributed by atoms with Crippen molar-refractivity contribution in [2.45, 2.75) is 18.7 Å². The van der Waals surface area contributed by atoms with Crippen molar-refractivity contribution in [3.05, 3.63) is 52.1 Å². The van der Waals surface area contributed by atoms with Gasteiger partial charge in [0.25, 0.3) is 0 Å². The third kappa shape index (κ3) is 4.29. The van der Waals surface area contributed by atoms with Crippen LogP contribution in [-0.4, -0.2) is 44.1 Å². The number of benzene rings is 2. The van der Waals surface area contributed by atoms with Gasteiger partial charge in [-0.05, 0) is 30.3 Å². The third-order valence-electron chi connectivity index (χ3n) is 4.01. The van der Waals surface area contributed by atoms with Gasteiger partial charge in [-0.2, -0.15) is 4.31 Å². The molecule has 150 valence electrons. The second-order valence-corrected chi connectivity index (χ2v) is 7.54. The molecule has 0 amide bonds. The van der Waals surface area contributed by atoms with Crippen molar-refractivity contribution in [3.8, 4) is 17.2 Å². The first-order valence-corrected chi connectivity index (χ1v) is 9.82. The summed E-state index contributed by atoms with van der Waals surface area (Å²) in [4.78, 5) is 21.6. The van der Waals surface area contributed by atoms with Crippen molar-refractivity contribution in [2.24, 2.45) is 0 Å². The predicted octanol–water partition coefficient (Wildman–Crippen LogP) is 3.24. The van der Waals surface area contributed by atoms with E-state index in [0.29, 0.717) is 11.8 Å². The molecule has 0 atom stereocenters. The maximum Gasteiger partial charge on any atom is 0.312 e.